The van der Waals surface area contributed by atoms with E-state index < -0.39 is 0 Å². The Balaban J connectivity index is 1.67. The van der Waals surface area contributed by atoms with E-state index in [1.165, 1.54) is 19.3 Å². The molecule has 1 aliphatic rings. The standard InChI is InChI=1S/C19H28N6O/c1-12(2)16-11-21-24-17(16)23-19(26)22-15-9-13(3)18(20-10-15)25-8-6-5-7-14(25)4/h9-12,14H,5-8H2,1-4H3,(H3,21,22,23,24,26). The Hall–Kier alpha value is -2.57. The zero-order valence-electron chi connectivity index (χ0n) is 16.0. The fourth-order valence-electron chi connectivity index (χ4n) is 3.46. The van der Waals surface area contributed by atoms with Crippen molar-refractivity contribution in [3.8, 4) is 0 Å². The molecule has 2 aromatic rings. The summed E-state index contributed by atoms with van der Waals surface area (Å²) in [6.45, 7) is 9.44. The van der Waals surface area contributed by atoms with Gasteiger partial charge < -0.3 is 10.2 Å². The van der Waals surface area contributed by atoms with Crippen molar-refractivity contribution >= 4 is 23.4 Å². The maximum Gasteiger partial charge on any atom is 0.324 e. The van der Waals surface area contributed by atoms with E-state index in [0.29, 0.717) is 17.5 Å². The highest BCUT2D eigenvalue weighted by Gasteiger charge is 2.21. The van der Waals surface area contributed by atoms with E-state index in [1.54, 1.807) is 12.4 Å². The molecule has 0 aliphatic carbocycles. The van der Waals surface area contributed by atoms with Gasteiger partial charge in [-0.15, -0.1) is 0 Å². The number of nitrogens with one attached hydrogen (secondary N) is 3. The maximum absolute atomic E-state index is 12.3. The molecule has 0 saturated carbocycles. The number of piperidine rings is 1. The molecule has 2 amide bonds. The SMILES string of the molecule is Cc1cc(NC(=O)Nc2[nH]ncc2C(C)C)cnc1N1CCCCC1C. The molecule has 1 atom stereocenters. The van der Waals surface area contributed by atoms with Crippen molar-refractivity contribution in [2.75, 3.05) is 22.1 Å². The molecule has 0 aromatic carbocycles. The summed E-state index contributed by atoms with van der Waals surface area (Å²) in [5.74, 6) is 1.92. The van der Waals surface area contributed by atoms with Crippen LogP contribution in [0.3, 0.4) is 0 Å². The van der Waals surface area contributed by atoms with E-state index in [1.807, 2.05) is 13.0 Å². The van der Waals surface area contributed by atoms with E-state index in [0.717, 1.165) is 23.5 Å². The topological polar surface area (TPSA) is 85.9 Å². The highest BCUT2D eigenvalue weighted by atomic mass is 16.2. The van der Waals surface area contributed by atoms with E-state index in [-0.39, 0.29) is 11.9 Å². The average Bonchev–Trinajstić information content (AvgIpc) is 3.04. The van der Waals surface area contributed by atoms with Crippen LogP contribution in [-0.2, 0) is 0 Å². The van der Waals surface area contributed by atoms with Crippen molar-refractivity contribution in [1.82, 2.24) is 15.2 Å². The molecule has 3 rings (SSSR count). The van der Waals surface area contributed by atoms with Crippen LogP contribution < -0.4 is 15.5 Å². The normalized spacial score (nSPS) is 17.4. The number of aromatic amines is 1. The van der Waals surface area contributed by atoms with E-state index in [9.17, 15) is 4.79 Å². The van der Waals surface area contributed by atoms with Crippen molar-refractivity contribution in [2.45, 2.75) is 58.9 Å². The fraction of sp³-hybridized carbons (Fsp3) is 0.526. The average molecular weight is 356 g/mol. The molecule has 2 aromatic heterocycles. The summed E-state index contributed by atoms with van der Waals surface area (Å²) in [5.41, 5.74) is 2.73. The van der Waals surface area contributed by atoms with Gasteiger partial charge >= 0.3 is 6.03 Å². The lowest BCUT2D eigenvalue weighted by molar-refractivity contribution is 0.262. The second-order valence-corrected chi connectivity index (χ2v) is 7.34. The van der Waals surface area contributed by atoms with Gasteiger partial charge in [0.2, 0.25) is 0 Å². The number of amides is 2. The van der Waals surface area contributed by atoms with Crippen LogP contribution in [0.15, 0.2) is 18.5 Å². The smallest absolute Gasteiger partial charge is 0.324 e. The van der Waals surface area contributed by atoms with Crippen molar-refractivity contribution in [3.05, 3.63) is 29.6 Å². The van der Waals surface area contributed by atoms with Crippen molar-refractivity contribution in [2.24, 2.45) is 0 Å². The van der Waals surface area contributed by atoms with Gasteiger partial charge in [-0.05, 0) is 50.7 Å². The van der Waals surface area contributed by atoms with Gasteiger partial charge in [0, 0.05) is 18.2 Å². The van der Waals surface area contributed by atoms with Crippen molar-refractivity contribution < 1.29 is 4.79 Å². The number of pyridine rings is 1. The number of anilines is 3. The lowest BCUT2D eigenvalue weighted by Gasteiger charge is -2.35. The predicted octanol–water partition coefficient (Wildman–Crippen LogP) is 4.26. The summed E-state index contributed by atoms with van der Waals surface area (Å²) in [5, 5.41) is 12.5. The molecule has 0 bridgehead atoms. The van der Waals surface area contributed by atoms with Crippen molar-refractivity contribution in [3.63, 3.8) is 0 Å². The van der Waals surface area contributed by atoms with Crippen LogP contribution in [0.1, 0.15) is 57.1 Å². The van der Waals surface area contributed by atoms with Crippen LogP contribution in [-0.4, -0.2) is 33.8 Å². The monoisotopic (exact) mass is 356 g/mol. The molecule has 140 valence electrons. The molecule has 1 unspecified atom stereocenters. The van der Waals surface area contributed by atoms with E-state index in [2.05, 4.69) is 51.5 Å². The maximum atomic E-state index is 12.3. The minimum Gasteiger partial charge on any atom is -0.354 e. The molecule has 1 saturated heterocycles. The molecule has 7 nitrogen and oxygen atoms in total. The Morgan fingerprint density at radius 1 is 1.31 bits per heavy atom. The van der Waals surface area contributed by atoms with Gasteiger partial charge in [0.05, 0.1) is 18.1 Å². The van der Waals surface area contributed by atoms with Gasteiger partial charge in [0.25, 0.3) is 0 Å². The van der Waals surface area contributed by atoms with Gasteiger partial charge in [-0.3, -0.25) is 10.4 Å². The number of hydrogen-bond acceptors (Lipinski definition) is 4. The number of H-pyrrole nitrogens is 1. The molecule has 26 heavy (non-hydrogen) atoms. The first-order chi connectivity index (χ1) is 12.5. The molecule has 3 heterocycles. The molecular formula is C19H28N6O. The summed E-state index contributed by atoms with van der Waals surface area (Å²) >= 11 is 0. The Bertz CT molecular complexity index is 769. The van der Waals surface area contributed by atoms with Crippen LogP contribution >= 0.6 is 0 Å². The number of carbonyl (C=O) groups excluding carboxylic acids is 1. The van der Waals surface area contributed by atoms with Crippen LogP contribution in [0, 0.1) is 6.92 Å². The second kappa shape index (κ2) is 7.76. The molecule has 0 spiro atoms. The zero-order chi connectivity index (χ0) is 18.7. The Kier molecular flexibility index (Phi) is 5.44. The molecular weight excluding hydrogens is 328 g/mol. The summed E-state index contributed by atoms with van der Waals surface area (Å²) in [6.07, 6.45) is 7.14. The number of hydrogen-bond donors (Lipinski definition) is 3. The third-order valence-corrected chi connectivity index (χ3v) is 4.91. The number of carbonyl (C=O) groups is 1. The third kappa shape index (κ3) is 3.98. The summed E-state index contributed by atoms with van der Waals surface area (Å²) in [6, 6.07) is 2.17. The lowest BCUT2D eigenvalue weighted by Crippen LogP contribution is -2.38. The first-order valence-electron chi connectivity index (χ1n) is 9.30. The van der Waals surface area contributed by atoms with Gasteiger partial charge in [-0.25, -0.2) is 9.78 Å². The number of urea groups is 1. The second-order valence-electron chi connectivity index (χ2n) is 7.34. The first kappa shape index (κ1) is 18.2. The van der Waals surface area contributed by atoms with Gasteiger partial charge in [-0.2, -0.15) is 5.10 Å². The summed E-state index contributed by atoms with van der Waals surface area (Å²) in [7, 11) is 0. The molecule has 3 N–H and O–H groups in total. The minimum absolute atomic E-state index is 0.277. The van der Waals surface area contributed by atoms with E-state index in [4.69, 9.17) is 0 Å². The van der Waals surface area contributed by atoms with E-state index >= 15 is 0 Å². The fourth-order valence-corrected chi connectivity index (χ4v) is 3.46. The van der Waals surface area contributed by atoms with Crippen LogP contribution in [0.2, 0.25) is 0 Å². The highest BCUT2D eigenvalue weighted by molar-refractivity contribution is 5.99. The molecule has 1 fully saturated rings. The number of aryl methyl sites for hydroxylation is 1. The van der Waals surface area contributed by atoms with Crippen LogP contribution in [0.5, 0.6) is 0 Å². The quantitative estimate of drug-likeness (QED) is 0.764. The first-order valence-corrected chi connectivity index (χ1v) is 9.30. The minimum atomic E-state index is -0.309. The van der Waals surface area contributed by atoms with Crippen LogP contribution in [0.25, 0.3) is 0 Å². The largest absolute Gasteiger partial charge is 0.354 e. The lowest BCUT2D eigenvalue weighted by atomic mass is 10.0. The van der Waals surface area contributed by atoms with Gasteiger partial charge in [0.1, 0.15) is 11.6 Å². The number of nitrogens with zero attached hydrogens (tertiary/aromatic N) is 3. The van der Waals surface area contributed by atoms with Crippen LogP contribution in [0.4, 0.5) is 22.1 Å². The summed E-state index contributed by atoms with van der Waals surface area (Å²) < 4.78 is 0. The Labute approximate surface area is 154 Å². The number of aromatic nitrogens is 3. The molecule has 1 aliphatic heterocycles. The molecule has 7 heteroatoms. The highest BCUT2D eigenvalue weighted by Crippen LogP contribution is 2.27. The van der Waals surface area contributed by atoms with Gasteiger partial charge in [0.15, 0.2) is 0 Å². The predicted molar refractivity (Wildman–Crippen MR) is 105 cm³/mol. The third-order valence-electron chi connectivity index (χ3n) is 4.91. The van der Waals surface area contributed by atoms with Gasteiger partial charge in [-0.1, -0.05) is 13.8 Å². The van der Waals surface area contributed by atoms with Crippen molar-refractivity contribution in [1.29, 1.82) is 0 Å². The number of rotatable bonds is 4. The molecule has 0 radical (unpaired) electrons. The Morgan fingerprint density at radius 3 is 2.81 bits per heavy atom. The zero-order valence-corrected chi connectivity index (χ0v) is 16.0. The summed E-state index contributed by atoms with van der Waals surface area (Å²) in [4.78, 5) is 19.3. The Morgan fingerprint density at radius 2 is 2.12 bits per heavy atom.